The maximum Gasteiger partial charge on any atom is 0.237 e. The van der Waals surface area contributed by atoms with Gasteiger partial charge in [0.15, 0.2) is 0 Å². The summed E-state index contributed by atoms with van der Waals surface area (Å²) in [5.41, 5.74) is 2.61. The fraction of sp³-hybridized carbons (Fsp3) is 0.222. The molecule has 27 heavy (non-hydrogen) atoms. The standard InChI is InChI=1S/C18H16ClN5O2S/c1-26-15-8-7-12(19)10-14(15)24-18(21-22-23-24)27-16-9-6-11-4-2-3-5-13(11)20-17(16)25/h2-5,7-8,10,16H,6,9H2,1H3,(H,20,25). The Morgan fingerprint density at radius 2 is 2.15 bits per heavy atom. The van der Waals surface area contributed by atoms with E-state index in [0.717, 1.165) is 17.7 Å². The molecule has 0 radical (unpaired) electrons. The number of anilines is 1. The van der Waals surface area contributed by atoms with Gasteiger partial charge in [-0.15, -0.1) is 5.10 Å². The van der Waals surface area contributed by atoms with Crippen LogP contribution in [0.25, 0.3) is 5.69 Å². The molecule has 2 aromatic carbocycles. The molecule has 7 nitrogen and oxygen atoms in total. The third-order valence-corrected chi connectivity index (χ3v) is 5.74. The Labute approximate surface area is 165 Å². The Bertz CT molecular complexity index is 993. The van der Waals surface area contributed by atoms with Crippen LogP contribution in [0, 0.1) is 0 Å². The molecule has 0 saturated heterocycles. The summed E-state index contributed by atoms with van der Waals surface area (Å²) in [6.45, 7) is 0. The zero-order chi connectivity index (χ0) is 18.8. The molecule has 1 unspecified atom stereocenters. The number of nitrogens with zero attached hydrogens (tertiary/aromatic N) is 4. The van der Waals surface area contributed by atoms with Crippen LogP contribution in [0.3, 0.4) is 0 Å². The molecule has 0 aliphatic carbocycles. The smallest absolute Gasteiger partial charge is 0.237 e. The van der Waals surface area contributed by atoms with E-state index >= 15 is 0 Å². The molecule has 1 aromatic heterocycles. The summed E-state index contributed by atoms with van der Waals surface area (Å²) in [4.78, 5) is 12.7. The highest BCUT2D eigenvalue weighted by Crippen LogP contribution is 2.33. The summed E-state index contributed by atoms with van der Waals surface area (Å²) in [6, 6.07) is 13.1. The summed E-state index contributed by atoms with van der Waals surface area (Å²) in [7, 11) is 1.57. The van der Waals surface area contributed by atoms with Crippen molar-refractivity contribution in [1.29, 1.82) is 0 Å². The maximum atomic E-state index is 12.7. The first-order valence-corrected chi connectivity index (χ1v) is 9.59. The van der Waals surface area contributed by atoms with Crippen LogP contribution in [0.15, 0.2) is 47.6 Å². The van der Waals surface area contributed by atoms with Crippen molar-refractivity contribution >= 4 is 35.0 Å². The van der Waals surface area contributed by atoms with Gasteiger partial charge in [0.2, 0.25) is 11.1 Å². The number of tetrazole rings is 1. The van der Waals surface area contributed by atoms with E-state index in [-0.39, 0.29) is 11.2 Å². The molecule has 0 bridgehead atoms. The Balaban J connectivity index is 1.61. The summed E-state index contributed by atoms with van der Waals surface area (Å²) in [6.07, 6.45) is 1.49. The maximum absolute atomic E-state index is 12.7. The van der Waals surface area contributed by atoms with Crippen LogP contribution in [0.1, 0.15) is 12.0 Å². The molecule has 3 aromatic rings. The minimum Gasteiger partial charge on any atom is -0.494 e. The number of halogens is 1. The number of hydrogen-bond donors (Lipinski definition) is 1. The molecule has 1 N–H and O–H groups in total. The van der Waals surface area contributed by atoms with Crippen molar-refractivity contribution in [2.24, 2.45) is 0 Å². The fourth-order valence-electron chi connectivity index (χ4n) is 2.96. The monoisotopic (exact) mass is 401 g/mol. The minimum absolute atomic E-state index is 0.0578. The highest BCUT2D eigenvalue weighted by molar-refractivity contribution is 8.00. The van der Waals surface area contributed by atoms with Crippen molar-refractivity contribution in [3.05, 3.63) is 53.1 Å². The van der Waals surface area contributed by atoms with Crippen LogP contribution in [-0.4, -0.2) is 38.5 Å². The van der Waals surface area contributed by atoms with Gasteiger partial charge in [-0.05, 0) is 53.1 Å². The third kappa shape index (κ3) is 3.63. The number of para-hydroxylation sites is 1. The van der Waals surface area contributed by atoms with Crippen molar-refractivity contribution in [3.63, 3.8) is 0 Å². The van der Waals surface area contributed by atoms with Crippen molar-refractivity contribution in [2.45, 2.75) is 23.2 Å². The molecule has 1 aliphatic heterocycles. The van der Waals surface area contributed by atoms with E-state index in [1.54, 1.807) is 30.0 Å². The van der Waals surface area contributed by atoms with Crippen LogP contribution >= 0.6 is 23.4 Å². The van der Waals surface area contributed by atoms with Crippen LogP contribution in [0.4, 0.5) is 5.69 Å². The molecule has 138 valence electrons. The summed E-state index contributed by atoms with van der Waals surface area (Å²) in [5.74, 6) is 0.531. The van der Waals surface area contributed by atoms with Gasteiger partial charge in [0.05, 0.1) is 12.4 Å². The number of fused-ring (bicyclic) bond motifs is 1. The first-order chi connectivity index (χ1) is 13.2. The molecular weight excluding hydrogens is 386 g/mol. The molecule has 0 spiro atoms. The molecule has 9 heteroatoms. The topological polar surface area (TPSA) is 81.9 Å². The van der Waals surface area contributed by atoms with Gasteiger partial charge in [-0.2, -0.15) is 4.68 Å². The van der Waals surface area contributed by atoms with Gasteiger partial charge in [0.1, 0.15) is 11.4 Å². The number of methoxy groups -OCH3 is 1. The quantitative estimate of drug-likeness (QED) is 0.721. The molecule has 4 rings (SSSR count). The predicted octanol–water partition coefficient (Wildman–Crippen LogP) is 3.37. The van der Waals surface area contributed by atoms with Crippen molar-refractivity contribution in [1.82, 2.24) is 20.2 Å². The van der Waals surface area contributed by atoms with Gasteiger partial charge >= 0.3 is 0 Å². The zero-order valence-corrected chi connectivity index (χ0v) is 16.0. The first kappa shape index (κ1) is 17.8. The average molecular weight is 402 g/mol. The van der Waals surface area contributed by atoms with E-state index in [1.165, 1.54) is 11.8 Å². The van der Waals surface area contributed by atoms with Gasteiger partial charge < -0.3 is 10.1 Å². The van der Waals surface area contributed by atoms with Gasteiger partial charge in [-0.25, -0.2) is 0 Å². The first-order valence-electron chi connectivity index (χ1n) is 8.33. The number of ether oxygens (including phenoxy) is 1. The Morgan fingerprint density at radius 1 is 1.30 bits per heavy atom. The zero-order valence-electron chi connectivity index (χ0n) is 14.4. The number of aromatic nitrogens is 4. The second kappa shape index (κ2) is 7.58. The van der Waals surface area contributed by atoms with Gasteiger partial charge in [0, 0.05) is 10.7 Å². The van der Waals surface area contributed by atoms with Crippen molar-refractivity contribution in [3.8, 4) is 11.4 Å². The lowest BCUT2D eigenvalue weighted by atomic mass is 10.1. The van der Waals surface area contributed by atoms with Gasteiger partial charge in [-0.1, -0.05) is 41.6 Å². The van der Waals surface area contributed by atoms with Crippen LogP contribution in [0.2, 0.25) is 5.02 Å². The van der Waals surface area contributed by atoms with E-state index in [1.807, 2.05) is 24.3 Å². The third-order valence-electron chi connectivity index (χ3n) is 4.30. The molecule has 1 aliphatic rings. The lowest BCUT2D eigenvalue weighted by Crippen LogP contribution is -2.24. The summed E-state index contributed by atoms with van der Waals surface area (Å²) >= 11 is 7.45. The number of hydrogen-bond acceptors (Lipinski definition) is 6. The fourth-order valence-corrected chi connectivity index (χ4v) is 4.10. The lowest BCUT2D eigenvalue weighted by Gasteiger charge is -2.13. The minimum atomic E-state index is -0.313. The van der Waals surface area contributed by atoms with Crippen LogP contribution in [0.5, 0.6) is 5.75 Å². The van der Waals surface area contributed by atoms with Gasteiger partial charge in [0.25, 0.3) is 0 Å². The second-order valence-corrected chi connectivity index (χ2v) is 7.59. The Morgan fingerprint density at radius 3 is 3.00 bits per heavy atom. The van der Waals surface area contributed by atoms with E-state index in [9.17, 15) is 4.79 Å². The average Bonchev–Trinajstić information content (AvgIpc) is 3.07. The van der Waals surface area contributed by atoms with E-state index < -0.39 is 0 Å². The summed E-state index contributed by atoms with van der Waals surface area (Å²) < 4.78 is 6.93. The molecule has 0 fully saturated rings. The van der Waals surface area contributed by atoms with Gasteiger partial charge in [-0.3, -0.25) is 4.79 Å². The number of carbonyl (C=O) groups is 1. The molecular formula is C18H16ClN5O2S. The molecule has 2 heterocycles. The van der Waals surface area contributed by atoms with E-state index in [4.69, 9.17) is 16.3 Å². The summed E-state index contributed by atoms with van der Waals surface area (Å²) in [5, 5.41) is 15.6. The van der Waals surface area contributed by atoms with Crippen LogP contribution < -0.4 is 10.1 Å². The van der Waals surface area contributed by atoms with Crippen LogP contribution in [-0.2, 0) is 11.2 Å². The Hall–Kier alpha value is -2.58. The number of amides is 1. The number of aryl methyl sites for hydroxylation is 1. The largest absolute Gasteiger partial charge is 0.494 e. The lowest BCUT2D eigenvalue weighted by molar-refractivity contribution is -0.115. The van der Waals surface area contributed by atoms with Crippen molar-refractivity contribution < 1.29 is 9.53 Å². The predicted molar refractivity (Wildman–Crippen MR) is 104 cm³/mol. The SMILES string of the molecule is COc1ccc(Cl)cc1-n1nnnc1SC1CCc2ccccc2NC1=O. The Kier molecular flexibility index (Phi) is 5.00. The number of benzene rings is 2. The number of thioether (sulfide) groups is 1. The molecule has 0 saturated carbocycles. The second-order valence-electron chi connectivity index (χ2n) is 5.98. The highest BCUT2D eigenvalue weighted by Gasteiger charge is 2.27. The number of rotatable bonds is 4. The number of carbonyl (C=O) groups excluding carboxylic acids is 1. The molecule has 1 atom stereocenters. The van der Waals surface area contributed by atoms with Crippen molar-refractivity contribution in [2.75, 3.05) is 12.4 Å². The highest BCUT2D eigenvalue weighted by atomic mass is 35.5. The normalized spacial score (nSPS) is 16.4. The van der Waals surface area contributed by atoms with E-state index in [2.05, 4.69) is 20.8 Å². The van der Waals surface area contributed by atoms with E-state index in [0.29, 0.717) is 28.0 Å². The molecule has 1 amide bonds. The number of nitrogens with one attached hydrogen (secondary N) is 1.